The maximum Gasteiger partial charge on any atom is 0.137 e. The summed E-state index contributed by atoms with van der Waals surface area (Å²) >= 11 is 12.1. The first kappa shape index (κ1) is 14.4. The molecule has 0 amide bonds. The Balaban J connectivity index is 1.58. The van der Waals surface area contributed by atoms with Crippen molar-refractivity contribution in [2.24, 2.45) is 5.92 Å². The molecule has 4 heteroatoms. The summed E-state index contributed by atoms with van der Waals surface area (Å²) in [6.45, 7) is 0. The van der Waals surface area contributed by atoms with E-state index in [4.69, 9.17) is 23.2 Å². The molecule has 2 saturated heterocycles. The average molecular weight is 312 g/mol. The highest BCUT2D eigenvalue weighted by molar-refractivity contribution is 6.42. The van der Waals surface area contributed by atoms with Crippen LogP contribution in [0.1, 0.15) is 37.7 Å². The minimum Gasteiger partial charge on any atom is -0.311 e. The number of fused-ring (bicyclic) bond motifs is 2. The van der Waals surface area contributed by atoms with Gasteiger partial charge in [-0.05, 0) is 43.2 Å². The van der Waals surface area contributed by atoms with Crippen LogP contribution >= 0.6 is 23.2 Å². The zero-order chi connectivity index (χ0) is 14.1. The lowest BCUT2D eigenvalue weighted by Gasteiger charge is -2.28. The van der Waals surface area contributed by atoms with Crippen molar-refractivity contribution >= 4 is 29.0 Å². The molecule has 3 rings (SSSR count). The molecule has 0 spiro atoms. The van der Waals surface area contributed by atoms with Gasteiger partial charge in [0.15, 0.2) is 0 Å². The Morgan fingerprint density at radius 1 is 1.20 bits per heavy atom. The minimum absolute atomic E-state index is 0.278. The van der Waals surface area contributed by atoms with Crippen molar-refractivity contribution in [3.8, 4) is 0 Å². The zero-order valence-electron chi connectivity index (χ0n) is 11.4. The number of Topliss-reactive ketones (excluding diaryl/α,β-unsaturated/α-hetero) is 1. The first-order chi connectivity index (χ1) is 9.61. The molecule has 1 N–H and O–H groups in total. The number of benzene rings is 1. The van der Waals surface area contributed by atoms with Crippen molar-refractivity contribution in [3.63, 3.8) is 0 Å². The Kier molecular flexibility index (Phi) is 4.34. The molecule has 2 nitrogen and oxygen atoms in total. The fraction of sp³-hybridized carbons (Fsp3) is 0.562. The Morgan fingerprint density at radius 3 is 2.60 bits per heavy atom. The molecule has 2 bridgehead atoms. The number of ketones is 1. The first-order valence-corrected chi connectivity index (χ1v) is 8.08. The fourth-order valence-corrected chi connectivity index (χ4v) is 4.02. The van der Waals surface area contributed by atoms with E-state index in [0.29, 0.717) is 40.9 Å². The van der Waals surface area contributed by atoms with Gasteiger partial charge >= 0.3 is 0 Å². The maximum absolute atomic E-state index is 12.3. The first-order valence-electron chi connectivity index (χ1n) is 7.32. The van der Waals surface area contributed by atoms with Crippen LogP contribution in [-0.2, 0) is 11.2 Å². The molecule has 2 aliphatic rings. The smallest absolute Gasteiger partial charge is 0.137 e. The molecular formula is C16H19Cl2NO. The molecule has 1 aromatic rings. The summed E-state index contributed by atoms with van der Waals surface area (Å²) in [6.07, 6.45) is 5.91. The minimum atomic E-state index is 0.278. The topological polar surface area (TPSA) is 29.1 Å². The van der Waals surface area contributed by atoms with Crippen molar-refractivity contribution in [1.29, 1.82) is 0 Å². The van der Waals surface area contributed by atoms with Crippen LogP contribution in [0, 0.1) is 5.92 Å². The summed E-state index contributed by atoms with van der Waals surface area (Å²) in [5.41, 5.74) is 0.848. The fourth-order valence-electron chi connectivity index (χ4n) is 3.63. The Labute approximate surface area is 129 Å². The van der Waals surface area contributed by atoms with Crippen LogP contribution in [0.3, 0.4) is 0 Å². The third-order valence-electron chi connectivity index (χ3n) is 4.51. The van der Waals surface area contributed by atoms with Crippen LogP contribution in [0.15, 0.2) is 18.2 Å². The number of halogens is 2. The zero-order valence-corrected chi connectivity index (χ0v) is 12.9. The van der Waals surface area contributed by atoms with Crippen LogP contribution < -0.4 is 5.32 Å². The van der Waals surface area contributed by atoms with E-state index in [-0.39, 0.29) is 5.78 Å². The van der Waals surface area contributed by atoms with Gasteiger partial charge in [-0.1, -0.05) is 35.3 Å². The summed E-state index contributed by atoms with van der Waals surface area (Å²) in [7, 11) is 0. The van der Waals surface area contributed by atoms with Gasteiger partial charge in [-0.2, -0.15) is 0 Å². The average Bonchev–Trinajstić information content (AvgIpc) is 2.74. The Morgan fingerprint density at radius 2 is 1.90 bits per heavy atom. The molecule has 2 unspecified atom stereocenters. The van der Waals surface area contributed by atoms with Gasteiger partial charge in [-0.3, -0.25) is 4.79 Å². The number of piperidine rings is 1. The third kappa shape index (κ3) is 3.19. The second kappa shape index (κ2) is 6.05. The summed E-state index contributed by atoms with van der Waals surface area (Å²) in [6, 6.07) is 6.77. The van der Waals surface area contributed by atoms with E-state index in [1.54, 1.807) is 6.07 Å². The van der Waals surface area contributed by atoms with Gasteiger partial charge in [0.05, 0.1) is 10.0 Å². The number of carbonyl (C=O) groups is 1. The Bertz CT molecular complexity index is 505. The van der Waals surface area contributed by atoms with Crippen molar-refractivity contribution in [2.45, 2.75) is 50.6 Å². The van der Waals surface area contributed by atoms with Crippen LogP contribution in [0.2, 0.25) is 10.0 Å². The number of carbonyl (C=O) groups excluding carboxylic acids is 1. The van der Waals surface area contributed by atoms with E-state index in [9.17, 15) is 4.79 Å². The Hall–Kier alpha value is -0.570. The molecule has 0 radical (unpaired) electrons. The van der Waals surface area contributed by atoms with E-state index in [0.717, 1.165) is 18.4 Å². The molecule has 20 heavy (non-hydrogen) atoms. The van der Waals surface area contributed by atoms with Gasteiger partial charge in [-0.25, -0.2) is 0 Å². The van der Waals surface area contributed by atoms with Crippen molar-refractivity contribution in [2.75, 3.05) is 0 Å². The predicted molar refractivity (Wildman–Crippen MR) is 82.5 cm³/mol. The van der Waals surface area contributed by atoms with E-state index >= 15 is 0 Å². The number of hydrogen-bond acceptors (Lipinski definition) is 2. The molecule has 0 aromatic heterocycles. The summed E-state index contributed by atoms with van der Waals surface area (Å²) < 4.78 is 0. The van der Waals surface area contributed by atoms with Gasteiger partial charge in [0.25, 0.3) is 0 Å². The molecule has 108 valence electrons. The standard InChI is InChI=1S/C16H19Cl2NO/c17-15-3-1-2-11(16(15)18)9-14(20)8-10-6-12-4-5-13(7-10)19-12/h1-3,10,12-13,19H,4-9H2. The lowest BCUT2D eigenvalue weighted by atomic mass is 9.87. The summed E-state index contributed by atoms with van der Waals surface area (Å²) in [5, 5.41) is 4.66. The van der Waals surface area contributed by atoms with E-state index in [2.05, 4.69) is 5.32 Å². The quantitative estimate of drug-likeness (QED) is 0.909. The molecule has 2 atom stereocenters. The molecule has 2 heterocycles. The van der Waals surface area contributed by atoms with Gasteiger partial charge in [0, 0.05) is 24.9 Å². The maximum atomic E-state index is 12.3. The second-order valence-corrected chi connectivity index (χ2v) is 6.89. The molecule has 2 fully saturated rings. The van der Waals surface area contributed by atoms with Crippen LogP contribution in [0.5, 0.6) is 0 Å². The lowest BCUT2D eigenvalue weighted by Crippen LogP contribution is -2.38. The lowest BCUT2D eigenvalue weighted by molar-refractivity contribution is -0.119. The van der Waals surface area contributed by atoms with E-state index in [1.807, 2.05) is 12.1 Å². The molecule has 1 aromatic carbocycles. The predicted octanol–water partition coefficient (Wildman–Crippen LogP) is 4.03. The number of rotatable bonds is 4. The number of nitrogens with one attached hydrogen (secondary N) is 1. The van der Waals surface area contributed by atoms with Crippen molar-refractivity contribution < 1.29 is 4.79 Å². The van der Waals surface area contributed by atoms with Gasteiger partial charge in [-0.15, -0.1) is 0 Å². The SMILES string of the molecule is O=C(Cc1cccc(Cl)c1Cl)CC1CC2CCC(C1)N2. The summed E-state index contributed by atoms with van der Waals surface area (Å²) in [5.74, 6) is 0.819. The molecule has 2 aliphatic heterocycles. The molecular weight excluding hydrogens is 293 g/mol. The molecule has 0 saturated carbocycles. The van der Waals surface area contributed by atoms with Crippen molar-refractivity contribution in [1.82, 2.24) is 5.32 Å². The van der Waals surface area contributed by atoms with Gasteiger partial charge in [0.1, 0.15) is 5.78 Å². The molecule has 0 aliphatic carbocycles. The third-order valence-corrected chi connectivity index (χ3v) is 5.36. The largest absolute Gasteiger partial charge is 0.311 e. The van der Waals surface area contributed by atoms with Crippen LogP contribution in [0.4, 0.5) is 0 Å². The number of hydrogen-bond donors (Lipinski definition) is 1. The van der Waals surface area contributed by atoms with E-state index < -0.39 is 0 Å². The van der Waals surface area contributed by atoms with Gasteiger partial charge in [0.2, 0.25) is 0 Å². The van der Waals surface area contributed by atoms with Gasteiger partial charge < -0.3 is 5.32 Å². The highest BCUT2D eigenvalue weighted by Gasteiger charge is 2.34. The van der Waals surface area contributed by atoms with Crippen LogP contribution in [0.25, 0.3) is 0 Å². The highest BCUT2D eigenvalue weighted by Crippen LogP contribution is 2.33. The second-order valence-electron chi connectivity index (χ2n) is 6.11. The van der Waals surface area contributed by atoms with Crippen LogP contribution in [-0.4, -0.2) is 17.9 Å². The summed E-state index contributed by atoms with van der Waals surface area (Å²) in [4.78, 5) is 12.3. The van der Waals surface area contributed by atoms with Crippen molar-refractivity contribution in [3.05, 3.63) is 33.8 Å². The van der Waals surface area contributed by atoms with E-state index in [1.165, 1.54) is 12.8 Å². The monoisotopic (exact) mass is 311 g/mol. The highest BCUT2D eigenvalue weighted by atomic mass is 35.5. The normalized spacial score (nSPS) is 28.6.